The Bertz CT molecular complexity index is 3480. The molecule has 12 aromatic rings. The van der Waals surface area contributed by atoms with Gasteiger partial charge in [0.1, 0.15) is 22.3 Å². The van der Waals surface area contributed by atoms with Crippen LogP contribution in [-0.4, -0.2) is 4.57 Å². The summed E-state index contributed by atoms with van der Waals surface area (Å²) in [7, 11) is 0. The minimum Gasteiger partial charge on any atom is -0.455 e. The maximum atomic E-state index is 6.76. The second-order valence-corrected chi connectivity index (χ2v) is 14.8. The molecule has 0 saturated carbocycles. The largest absolute Gasteiger partial charge is 0.455 e. The zero-order valence-corrected chi connectivity index (χ0v) is 31.3. The summed E-state index contributed by atoms with van der Waals surface area (Å²) in [5.74, 6) is 0. The Morgan fingerprint density at radius 1 is 0.362 bits per heavy atom. The Kier molecular flexibility index (Phi) is 7.20. The van der Waals surface area contributed by atoms with Crippen LogP contribution in [0.25, 0.3) is 93.6 Å². The van der Waals surface area contributed by atoms with Crippen molar-refractivity contribution in [1.82, 2.24) is 4.57 Å². The summed E-state index contributed by atoms with van der Waals surface area (Å²) in [6.45, 7) is 0. The molecule has 0 saturated heterocycles. The number of aromatic nitrogens is 1. The predicted molar refractivity (Wildman–Crippen MR) is 241 cm³/mol. The number of rotatable bonds is 6. The van der Waals surface area contributed by atoms with Crippen LogP contribution in [0.2, 0.25) is 0 Å². The van der Waals surface area contributed by atoms with Crippen molar-refractivity contribution in [2.75, 3.05) is 4.90 Å². The highest BCUT2D eigenvalue weighted by atomic mass is 16.3. The van der Waals surface area contributed by atoms with Gasteiger partial charge in [0.2, 0.25) is 0 Å². The van der Waals surface area contributed by atoms with E-state index in [4.69, 9.17) is 8.83 Å². The molecule has 0 aliphatic carbocycles. The molecule has 0 atom stereocenters. The standard InChI is InChI=1S/C54H34N2O2/c1-3-16-36(17-4-1)55(37-18-5-2-6-19-37)48-28-15-29-49-52(48)44-22-7-10-27-46(44)56(49)47-33-32-35(38-23-13-24-41-39-20-8-11-30-50(39)57-53(38)41)34-45(47)43-26-14-25-42-40-21-9-12-31-51(40)58-54(42)43/h1-34H. The van der Waals surface area contributed by atoms with Crippen molar-refractivity contribution in [3.8, 4) is 27.9 Å². The Hall–Kier alpha value is -7.82. The molecule has 4 nitrogen and oxygen atoms in total. The summed E-state index contributed by atoms with van der Waals surface area (Å²) in [5.41, 5.74) is 14.3. The van der Waals surface area contributed by atoms with E-state index in [1.54, 1.807) is 0 Å². The molecular weight excluding hydrogens is 709 g/mol. The highest BCUT2D eigenvalue weighted by Gasteiger charge is 2.24. The number of hydrogen-bond donors (Lipinski definition) is 0. The van der Waals surface area contributed by atoms with E-state index < -0.39 is 0 Å². The highest BCUT2D eigenvalue weighted by Crippen LogP contribution is 2.47. The Balaban J connectivity index is 1.17. The first-order chi connectivity index (χ1) is 28.8. The maximum absolute atomic E-state index is 6.76. The Morgan fingerprint density at radius 2 is 0.879 bits per heavy atom. The molecule has 272 valence electrons. The van der Waals surface area contributed by atoms with Crippen LogP contribution in [0.5, 0.6) is 0 Å². The molecule has 0 fully saturated rings. The Morgan fingerprint density at radius 3 is 1.55 bits per heavy atom. The fourth-order valence-corrected chi connectivity index (χ4v) is 9.08. The lowest BCUT2D eigenvalue weighted by Gasteiger charge is -2.26. The van der Waals surface area contributed by atoms with Crippen molar-refractivity contribution in [1.29, 1.82) is 0 Å². The first kappa shape index (κ1) is 32.4. The van der Waals surface area contributed by atoms with Gasteiger partial charge in [0.05, 0.1) is 22.4 Å². The summed E-state index contributed by atoms with van der Waals surface area (Å²) < 4.78 is 15.8. The minimum absolute atomic E-state index is 0.866. The van der Waals surface area contributed by atoms with Crippen molar-refractivity contribution < 1.29 is 8.83 Å². The fraction of sp³-hybridized carbons (Fsp3) is 0. The molecular formula is C54H34N2O2. The number of para-hydroxylation sites is 7. The molecule has 0 radical (unpaired) electrons. The van der Waals surface area contributed by atoms with E-state index in [0.717, 1.165) is 99.9 Å². The third-order valence-corrected chi connectivity index (χ3v) is 11.6. The third-order valence-electron chi connectivity index (χ3n) is 11.6. The first-order valence-corrected chi connectivity index (χ1v) is 19.7. The second kappa shape index (κ2) is 12.9. The van der Waals surface area contributed by atoms with E-state index >= 15 is 0 Å². The summed E-state index contributed by atoms with van der Waals surface area (Å²) in [6, 6.07) is 73.1. The maximum Gasteiger partial charge on any atom is 0.143 e. The van der Waals surface area contributed by atoms with Gasteiger partial charge < -0.3 is 18.3 Å². The number of fused-ring (bicyclic) bond motifs is 9. The lowest BCUT2D eigenvalue weighted by atomic mass is 9.95. The van der Waals surface area contributed by atoms with Crippen molar-refractivity contribution in [2.24, 2.45) is 0 Å². The summed E-state index contributed by atoms with van der Waals surface area (Å²) in [6.07, 6.45) is 0. The van der Waals surface area contributed by atoms with Crippen LogP contribution in [0.15, 0.2) is 215 Å². The molecule has 0 unspecified atom stereocenters. The molecule has 58 heavy (non-hydrogen) atoms. The fourth-order valence-electron chi connectivity index (χ4n) is 9.08. The van der Waals surface area contributed by atoms with Crippen LogP contribution >= 0.6 is 0 Å². The van der Waals surface area contributed by atoms with Gasteiger partial charge in [-0.05, 0) is 72.3 Å². The minimum atomic E-state index is 0.866. The van der Waals surface area contributed by atoms with Gasteiger partial charge in [0.25, 0.3) is 0 Å². The number of hydrogen-bond acceptors (Lipinski definition) is 3. The number of anilines is 3. The molecule has 0 aliphatic rings. The van der Waals surface area contributed by atoms with E-state index in [9.17, 15) is 0 Å². The van der Waals surface area contributed by atoms with Gasteiger partial charge in [-0.15, -0.1) is 0 Å². The summed E-state index contributed by atoms with van der Waals surface area (Å²) >= 11 is 0. The molecule has 0 aliphatic heterocycles. The van der Waals surface area contributed by atoms with Gasteiger partial charge in [-0.25, -0.2) is 0 Å². The van der Waals surface area contributed by atoms with E-state index in [1.807, 2.05) is 18.2 Å². The smallest absolute Gasteiger partial charge is 0.143 e. The quantitative estimate of drug-likeness (QED) is 0.170. The van der Waals surface area contributed by atoms with Gasteiger partial charge in [-0.2, -0.15) is 0 Å². The van der Waals surface area contributed by atoms with Gasteiger partial charge >= 0.3 is 0 Å². The monoisotopic (exact) mass is 742 g/mol. The van der Waals surface area contributed by atoms with E-state index in [1.165, 1.54) is 10.8 Å². The molecule has 3 aromatic heterocycles. The summed E-state index contributed by atoms with van der Waals surface area (Å²) in [4.78, 5) is 2.37. The zero-order valence-electron chi connectivity index (χ0n) is 31.3. The lowest BCUT2D eigenvalue weighted by Crippen LogP contribution is -2.10. The molecule has 0 N–H and O–H groups in total. The SMILES string of the molecule is c1ccc(N(c2ccccc2)c2cccc3c2c2ccccc2n3-c2ccc(-c3cccc4c3oc3ccccc34)cc2-c2cccc3c2oc2ccccc23)cc1. The zero-order chi connectivity index (χ0) is 38.2. The number of nitrogens with zero attached hydrogens (tertiary/aromatic N) is 2. The first-order valence-electron chi connectivity index (χ1n) is 19.7. The van der Waals surface area contributed by atoms with E-state index in [-0.39, 0.29) is 0 Å². The average molecular weight is 743 g/mol. The van der Waals surface area contributed by atoms with Gasteiger partial charge in [0, 0.05) is 60.4 Å². The molecule has 4 heteroatoms. The van der Waals surface area contributed by atoms with Crippen molar-refractivity contribution in [2.45, 2.75) is 0 Å². The second-order valence-electron chi connectivity index (χ2n) is 14.8. The molecule has 12 rings (SSSR count). The topological polar surface area (TPSA) is 34.5 Å². The van der Waals surface area contributed by atoms with Crippen LogP contribution in [0, 0.1) is 0 Å². The van der Waals surface area contributed by atoms with Crippen molar-refractivity contribution in [3.05, 3.63) is 206 Å². The molecule has 0 bridgehead atoms. The van der Waals surface area contributed by atoms with Crippen LogP contribution < -0.4 is 4.90 Å². The summed E-state index contributed by atoms with van der Waals surface area (Å²) in [5, 5.41) is 6.77. The third kappa shape index (κ3) is 4.88. The van der Waals surface area contributed by atoms with Gasteiger partial charge in [0.15, 0.2) is 0 Å². The van der Waals surface area contributed by atoms with Crippen molar-refractivity contribution >= 4 is 82.7 Å². The normalized spacial score (nSPS) is 11.8. The van der Waals surface area contributed by atoms with Crippen LogP contribution in [-0.2, 0) is 0 Å². The molecule has 3 heterocycles. The van der Waals surface area contributed by atoms with Gasteiger partial charge in [-0.3, -0.25) is 0 Å². The Labute approximate surface area is 334 Å². The van der Waals surface area contributed by atoms with E-state index in [2.05, 4.69) is 198 Å². The van der Waals surface area contributed by atoms with Crippen LogP contribution in [0.4, 0.5) is 17.1 Å². The van der Waals surface area contributed by atoms with Crippen molar-refractivity contribution in [3.63, 3.8) is 0 Å². The lowest BCUT2D eigenvalue weighted by molar-refractivity contribution is 0.670. The molecule has 0 spiro atoms. The molecule has 0 amide bonds. The van der Waals surface area contributed by atoms with Crippen LogP contribution in [0.1, 0.15) is 0 Å². The van der Waals surface area contributed by atoms with Gasteiger partial charge in [-0.1, -0.05) is 140 Å². The number of benzene rings is 9. The average Bonchev–Trinajstić information content (AvgIpc) is 3.97. The van der Waals surface area contributed by atoms with E-state index in [0.29, 0.717) is 0 Å². The highest BCUT2D eigenvalue weighted by molar-refractivity contribution is 6.18. The predicted octanol–water partition coefficient (Wildman–Crippen LogP) is 15.4. The molecule has 9 aromatic carbocycles. The number of furan rings is 2. The van der Waals surface area contributed by atoms with Crippen LogP contribution in [0.3, 0.4) is 0 Å².